The Balaban J connectivity index is 1.92. The third-order valence-corrected chi connectivity index (χ3v) is 5.56. The number of fused-ring (bicyclic) bond motifs is 1. The second-order valence-electron chi connectivity index (χ2n) is 7.86. The molecule has 33 heavy (non-hydrogen) atoms. The molecule has 0 unspecified atom stereocenters. The van der Waals surface area contributed by atoms with Gasteiger partial charge in [-0.15, -0.1) is 0 Å². The van der Waals surface area contributed by atoms with Crippen LogP contribution < -0.4 is 10.7 Å². The van der Waals surface area contributed by atoms with Gasteiger partial charge in [0.1, 0.15) is 28.8 Å². The van der Waals surface area contributed by atoms with E-state index in [4.69, 9.17) is 4.42 Å². The summed E-state index contributed by atoms with van der Waals surface area (Å²) < 4.78 is 48.2. The molecule has 3 aromatic carbocycles. The first-order valence-electron chi connectivity index (χ1n) is 10.2. The first-order valence-corrected chi connectivity index (χ1v) is 10.2. The van der Waals surface area contributed by atoms with Crippen molar-refractivity contribution in [1.82, 2.24) is 0 Å². The maximum Gasteiger partial charge on any atom is 0.196 e. The van der Waals surface area contributed by atoms with E-state index in [0.29, 0.717) is 10.9 Å². The molecule has 4 rings (SSSR count). The summed E-state index contributed by atoms with van der Waals surface area (Å²) in [6.45, 7) is 5.13. The van der Waals surface area contributed by atoms with Crippen molar-refractivity contribution in [3.05, 3.63) is 98.5 Å². The molecule has 7 heteroatoms. The van der Waals surface area contributed by atoms with Crippen LogP contribution in [0.5, 0.6) is 0 Å². The van der Waals surface area contributed by atoms with Gasteiger partial charge >= 0.3 is 0 Å². The second-order valence-corrected chi connectivity index (χ2v) is 7.86. The molecule has 0 aliphatic heterocycles. The Bertz CT molecular complexity index is 1500. The summed E-state index contributed by atoms with van der Waals surface area (Å²) in [5.41, 5.74) is 1.36. The van der Waals surface area contributed by atoms with Crippen LogP contribution in [0.25, 0.3) is 22.3 Å². The third-order valence-electron chi connectivity index (χ3n) is 5.56. The molecule has 1 N–H and O–H groups in total. The Morgan fingerprint density at radius 2 is 1.76 bits per heavy atom. The van der Waals surface area contributed by atoms with Crippen molar-refractivity contribution in [3.8, 4) is 17.4 Å². The highest BCUT2D eigenvalue weighted by Gasteiger charge is 2.21. The Morgan fingerprint density at radius 1 is 1.03 bits per heavy atom. The van der Waals surface area contributed by atoms with E-state index < -0.39 is 29.1 Å². The highest BCUT2D eigenvalue weighted by molar-refractivity contribution is 5.84. The fourth-order valence-electron chi connectivity index (χ4n) is 3.88. The molecule has 0 amide bonds. The molecule has 1 atom stereocenters. The van der Waals surface area contributed by atoms with E-state index in [9.17, 15) is 23.2 Å². The lowest BCUT2D eigenvalue weighted by Gasteiger charge is -2.19. The van der Waals surface area contributed by atoms with Crippen LogP contribution in [-0.4, -0.2) is 0 Å². The molecule has 0 fully saturated rings. The number of hydrogen-bond donors (Lipinski definition) is 1. The van der Waals surface area contributed by atoms with Crippen LogP contribution >= 0.6 is 0 Å². The molecule has 4 aromatic rings. The lowest BCUT2D eigenvalue weighted by molar-refractivity contribution is 0.506. The minimum atomic E-state index is -1.24. The van der Waals surface area contributed by atoms with Gasteiger partial charge in [0.25, 0.3) is 0 Å². The number of anilines is 1. The molecule has 0 bridgehead atoms. The van der Waals surface area contributed by atoms with Gasteiger partial charge in [0.2, 0.25) is 0 Å². The smallest absolute Gasteiger partial charge is 0.196 e. The number of nitrogens with zero attached hydrogens (tertiary/aromatic N) is 1. The Morgan fingerprint density at radius 3 is 2.45 bits per heavy atom. The van der Waals surface area contributed by atoms with Gasteiger partial charge in [-0.1, -0.05) is 18.2 Å². The fraction of sp³-hybridized carbons (Fsp3) is 0.154. The van der Waals surface area contributed by atoms with Gasteiger partial charge in [0, 0.05) is 11.1 Å². The molecule has 1 heterocycles. The van der Waals surface area contributed by atoms with Crippen LogP contribution in [0, 0.1) is 42.6 Å². The van der Waals surface area contributed by atoms with Crippen LogP contribution in [0.15, 0.2) is 57.7 Å². The SMILES string of the molecule is Cc1cc([C@@H](C)Nc2ccc(F)c(F)c2C#N)c2oc(-c3ccccc3F)c(C)c(=O)c2c1. The second kappa shape index (κ2) is 8.47. The zero-order valence-corrected chi connectivity index (χ0v) is 18.1. The Hall–Kier alpha value is -4.05. The van der Waals surface area contributed by atoms with E-state index in [1.165, 1.54) is 18.2 Å². The molecule has 0 spiro atoms. The summed E-state index contributed by atoms with van der Waals surface area (Å²) in [6.07, 6.45) is 0. The molecular weight excluding hydrogens is 429 g/mol. The number of halogens is 3. The number of benzene rings is 3. The highest BCUT2D eigenvalue weighted by atomic mass is 19.2. The van der Waals surface area contributed by atoms with E-state index in [1.807, 2.05) is 6.92 Å². The summed E-state index contributed by atoms with van der Waals surface area (Å²) in [5, 5.41) is 12.6. The van der Waals surface area contributed by atoms with Gasteiger partial charge in [0.05, 0.1) is 22.7 Å². The largest absolute Gasteiger partial charge is 0.455 e. The molecule has 0 saturated heterocycles. The van der Waals surface area contributed by atoms with Crippen molar-refractivity contribution in [1.29, 1.82) is 5.26 Å². The van der Waals surface area contributed by atoms with Gasteiger partial charge in [-0.2, -0.15) is 5.26 Å². The van der Waals surface area contributed by atoms with E-state index >= 15 is 0 Å². The minimum Gasteiger partial charge on any atom is -0.455 e. The van der Waals surface area contributed by atoms with Crippen molar-refractivity contribution in [3.63, 3.8) is 0 Å². The zero-order chi connectivity index (χ0) is 23.9. The van der Waals surface area contributed by atoms with Crippen molar-refractivity contribution in [2.75, 3.05) is 5.32 Å². The summed E-state index contributed by atoms with van der Waals surface area (Å²) >= 11 is 0. The number of nitriles is 1. The van der Waals surface area contributed by atoms with Gasteiger partial charge in [0.15, 0.2) is 17.1 Å². The molecule has 166 valence electrons. The average molecular weight is 448 g/mol. The van der Waals surface area contributed by atoms with Gasteiger partial charge in [-0.3, -0.25) is 4.79 Å². The number of rotatable bonds is 4. The lowest BCUT2D eigenvalue weighted by Crippen LogP contribution is -2.13. The van der Waals surface area contributed by atoms with Crippen molar-refractivity contribution >= 4 is 16.7 Å². The Labute approximate surface area is 187 Å². The van der Waals surface area contributed by atoms with Crippen LogP contribution in [0.3, 0.4) is 0 Å². The number of aryl methyl sites for hydroxylation is 1. The zero-order valence-electron chi connectivity index (χ0n) is 18.1. The summed E-state index contributed by atoms with van der Waals surface area (Å²) in [7, 11) is 0. The molecule has 1 aromatic heterocycles. The van der Waals surface area contributed by atoms with Crippen LogP contribution in [-0.2, 0) is 0 Å². The summed E-state index contributed by atoms with van der Waals surface area (Å²) in [5.74, 6) is -2.77. The van der Waals surface area contributed by atoms with E-state index in [0.717, 1.165) is 11.6 Å². The predicted octanol–water partition coefficient (Wildman–Crippen LogP) is 6.54. The maximum absolute atomic E-state index is 14.5. The fourth-order valence-corrected chi connectivity index (χ4v) is 3.88. The molecule has 0 radical (unpaired) electrons. The average Bonchev–Trinajstić information content (AvgIpc) is 2.79. The Kier molecular flexibility index (Phi) is 5.69. The standard InChI is InChI=1S/C26H19F3N2O2/c1-13-10-17(15(3)31-22-9-8-21(28)23(29)19(22)12-30)26-18(11-13)24(32)14(2)25(33-26)16-6-4-5-7-20(16)27/h4-11,15,31H,1-3H3/t15-/m1/s1. The van der Waals surface area contributed by atoms with E-state index in [2.05, 4.69) is 5.32 Å². The van der Waals surface area contributed by atoms with Gasteiger partial charge in [-0.25, -0.2) is 13.2 Å². The van der Waals surface area contributed by atoms with E-state index in [-0.39, 0.29) is 33.6 Å². The quantitative estimate of drug-likeness (QED) is 0.385. The summed E-state index contributed by atoms with van der Waals surface area (Å²) in [6, 6.07) is 12.8. The van der Waals surface area contributed by atoms with Gasteiger partial charge in [-0.05, 0) is 56.7 Å². The third kappa shape index (κ3) is 3.85. The monoisotopic (exact) mass is 448 g/mol. The van der Waals surface area contributed by atoms with Crippen LogP contribution in [0.4, 0.5) is 18.9 Å². The van der Waals surface area contributed by atoms with Gasteiger partial charge < -0.3 is 9.73 Å². The molecular formula is C26H19F3N2O2. The summed E-state index contributed by atoms with van der Waals surface area (Å²) in [4.78, 5) is 13.2. The molecule has 0 aliphatic carbocycles. The van der Waals surface area contributed by atoms with Crippen LogP contribution in [0.1, 0.15) is 35.2 Å². The first-order chi connectivity index (χ1) is 15.7. The first kappa shape index (κ1) is 22.2. The number of hydrogen-bond acceptors (Lipinski definition) is 4. The number of nitrogens with one attached hydrogen (secondary N) is 1. The minimum absolute atomic E-state index is 0.0994. The molecule has 0 saturated carbocycles. The molecule has 0 aliphatic rings. The highest BCUT2D eigenvalue weighted by Crippen LogP contribution is 2.33. The molecule has 4 nitrogen and oxygen atoms in total. The van der Waals surface area contributed by atoms with Crippen molar-refractivity contribution < 1.29 is 17.6 Å². The predicted molar refractivity (Wildman–Crippen MR) is 120 cm³/mol. The topological polar surface area (TPSA) is 66.0 Å². The van der Waals surface area contributed by atoms with Crippen molar-refractivity contribution in [2.24, 2.45) is 0 Å². The maximum atomic E-state index is 14.5. The normalized spacial score (nSPS) is 11.9. The van der Waals surface area contributed by atoms with Crippen molar-refractivity contribution in [2.45, 2.75) is 26.8 Å². The van der Waals surface area contributed by atoms with E-state index in [1.54, 1.807) is 44.2 Å². The van der Waals surface area contributed by atoms with Crippen LogP contribution in [0.2, 0.25) is 0 Å². The lowest BCUT2D eigenvalue weighted by atomic mass is 9.98.